The zero-order chi connectivity index (χ0) is 13.1. The van der Waals surface area contributed by atoms with E-state index in [0.717, 1.165) is 31.2 Å². The summed E-state index contributed by atoms with van der Waals surface area (Å²) in [7, 11) is 0. The number of benzene rings is 1. The van der Waals surface area contributed by atoms with Gasteiger partial charge in [0.15, 0.2) is 0 Å². The molecule has 1 heterocycles. The van der Waals surface area contributed by atoms with Crippen molar-refractivity contribution in [3.8, 4) is 11.4 Å². The minimum atomic E-state index is 0.576. The lowest BCUT2D eigenvalue weighted by molar-refractivity contribution is 0.410. The van der Waals surface area contributed by atoms with E-state index in [-0.39, 0.29) is 0 Å². The lowest BCUT2D eigenvalue weighted by atomic mass is 9.95. The van der Waals surface area contributed by atoms with Crippen molar-refractivity contribution in [1.29, 1.82) is 0 Å². The standard InChI is InChI=1S/C15H14ClN2O/c16-13-8-4-7-12(10-13)15-17-14(19-18-15)9-11-5-2-1-3-6-11/h1,4,7-10H,2-3,5-6H2. The first-order valence-electron chi connectivity index (χ1n) is 6.42. The summed E-state index contributed by atoms with van der Waals surface area (Å²) < 4.78 is 5.27. The Labute approximate surface area is 117 Å². The van der Waals surface area contributed by atoms with Crippen LogP contribution in [0.15, 0.2) is 34.4 Å². The van der Waals surface area contributed by atoms with Crippen LogP contribution in [-0.4, -0.2) is 10.1 Å². The molecule has 0 spiro atoms. The summed E-state index contributed by atoms with van der Waals surface area (Å²) in [5, 5.41) is 4.67. The SMILES string of the molecule is Clc1cccc(-c2noc(C=C3CC[CH]CC3)n2)c1. The Balaban J connectivity index is 1.83. The number of aromatic nitrogens is 2. The third-order valence-corrected chi connectivity index (χ3v) is 3.43. The van der Waals surface area contributed by atoms with Crippen molar-refractivity contribution in [2.45, 2.75) is 25.7 Å². The third kappa shape index (κ3) is 3.04. The first-order valence-corrected chi connectivity index (χ1v) is 6.80. The number of rotatable bonds is 2. The fraction of sp³-hybridized carbons (Fsp3) is 0.267. The van der Waals surface area contributed by atoms with Crippen LogP contribution >= 0.6 is 11.6 Å². The van der Waals surface area contributed by atoms with Crippen LogP contribution < -0.4 is 0 Å². The van der Waals surface area contributed by atoms with Gasteiger partial charge in [-0.3, -0.25) is 0 Å². The molecule has 1 aliphatic carbocycles. The van der Waals surface area contributed by atoms with Crippen molar-refractivity contribution in [3.63, 3.8) is 0 Å². The van der Waals surface area contributed by atoms with Gasteiger partial charge in [-0.1, -0.05) is 34.5 Å². The predicted molar refractivity (Wildman–Crippen MR) is 75.5 cm³/mol. The van der Waals surface area contributed by atoms with Gasteiger partial charge < -0.3 is 4.52 Å². The summed E-state index contributed by atoms with van der Waals surface area (Å²) in [6.07, 6.45) is 8.79. The minimum absolute atomic E-state index is 0.576. The smallest absolute Gasteiger partial charge is 0.250 e. The molecule has 3 nitrogen and oxygen atoms in total. The number of hydrogen-bond acceptors (Lipinski definition) is 3. The van der Waals surface area contributed by atoms with E-state index in [2.05, 4.69) is 16.6 Å². The maximum atomic E-state index is 5.96. The summed E-state index contributed by atoms with van der Waals surface area (Å²) in [4.78, 5) is 4.39. The molecule has 0 saturated heterocycles. The van der Waals surface area contributed by atoms with Gasteiger partial charge in [-0.25, -0.2) is 0 Å². The maximum Gasteiger partial charge on any atom is 0.250 e. The number of halogens is 1. The van der Waals surface area contributed by atoms with Gasteiger partial charge in [-0.2, -0.15) is 4.98 Å². The molecular formula is C15H14ClN2O. The van der Waals surface area contributed by atoms with Gasteiger partial charge in [0.2, 0.25) is 5.82 Å². The Morgan fingerprint density at radius 1 is 1.21 bits per heavy atom. The Morgan fingerprint density at radius 3 is 2.84 bits per heavy atom. The maximum absolute atomic E-state index is 5.96. The van der Waals surface area contributed by atoms with Gasteiger partial charge in [-0.05, 0) is 44.2 Å². The number of allylic oxidation sites excluding steroid dienone is 1. The summed E-state index contributed by atoms with van der Waals surface area (Å²) in [6.45, 7) is 0. The van der Waals surface area contributed by atoms with Gasteiger partial charge in [0.1, 0.15) is 0 Å². The lowest BCUT2D eigenvalue weighted by Gasteiger charge is -2.11. The molecule has 1 saturated carbocycles. The van der Waals surface area contributed by atoms with E-state index in [9.17, 15) is 0 Å². The molecule has 0 N–H and O–H groups in total. The molecule has 0 unspecified atom stereocenters. The van der Waals surface area contributed by atoms with Crippen LogP contribution in [0.2, 0.25) is 5.02 Å². The molecule has 4 heteroatoms. The average Bonchev–Trinajstić information content (AvgIpc) is 2.88. The zero-order valence-electron chi connectivity index (χ0n) is 10.5. The molecule has 1 aromatic heterocycles. The monoisotopic (exact) mass is 273 g/mol. The van der Waals surface area contributed by atoms with E-state index in [1.807, 2.05) is 30.3 Å². The van der Waals surface area contributed by atoms with Crippen molar-refractivity contribution in [2.75, 3.05) is 0 Å². The highest BCUT2D eigenvalue weighted by atomic mass is 35.5. The van der Waals surface area contributed by atoms with Gasteiger partial charge in [0.25, 0.3) is 5.89 Å². The summed E-state index contributed by atoms with van der Waals surface area (Å²) in [5.41, 5.74) is 2.25. The van der Waals surface area contributed by atoms with Gasteiger partial charge in [-0.15, -0.1) is 0 Å². The Bertz CT molecular complexity index is 596. The van der Waals surface area contributed by atoms with Crippen molar-refractivity contribution >= 4 is 17.7 Å². The molecule has 97 valence electrons. The van der Waals surface area contributed by atoms with Gasteiger partial charge in [0.05, 0.1) is 0 Å². The highest BCUT2D eigenvalue weighted by Crippen LogP contribution is 2.25. The molecule has 0 bridgehead atoms. The van der Waals surface area contributed by atoms with E-state index in [4.69, 9.17) is 16.1 Å². The van der Waals surface area contributed by atoms with Crippen LogP contribution in [-0.2, 0) is 0 Å². The first-order chi connectivity index (χ1) is 9.31. The van der Waals surface area contributed by atoms with Crippen molar-refractivity contribution in [1.82, 2.24) is 10.1 Å². The number of nitrogens with zero attached hydrogens (tertiary/aromatic N) is 2. The molecule has 1 radical (unpaired) electrons. The molecule has 0 aliphatic heterocycles. The van der Waals surface area contributed by atoms with E-state index in [0.29, 0.717) is 16.7 Å². The molecule has 19 heavy (non-hydrogen) atoms. The highest BCUT2D eigenvalue weighted by Gasteiger charge is 2.10. The largest absolute Gasteiger partial charge is 0.334 e. The quantitative estimate of drug-likeness (QED) is 0.806. The normalized spacial score (nSPS) is 15.5. The van der Waals surface area contributed by atoms with Crippen LogP contribution in [0.3, 0.4) is 0 Å². The van der Waals surface area contributed by atoms with Crippen molar-refractivity contribution < 1.29 is 4.52 Å². The molecule has 1 aliphatic rings. The second-order valence-corrected chi connectivity index (χ2v) is 5.07. The average molecular weight is 274 g/mol. The molecule has 1 fully saturated rings. The first kappa shape index (κ1) is 12.4. The number of hydrogen-bond donors (Lipinski definition) is 0. The van der Waals surface area contributed by atoms with Crippen LogP contribution in [0.1, 0.15) is 31.6 Å². The molecular weight excluding hydrogens is 260 g/mol. The molecule has 2 aromatic rings. The Hall–Kier alpha value is -1.61. The lowest BCUT2D eigenvalue weighted by Crippen LogP contribution is -1.93. The molecule has 0 amide bonds. The third-order valence-electron chi connectivity index (χ3n) is 3.19. The van der Waals surface area contributed by atoms with Crippen LogP contribution in [0.4, 0.5) is 0 Å². The zero-order valence-corrected chi connectivity index (χ0v) is 11.2. The molecule has 0 atom stereocenters. The van der Waals surface area contributed by atoms with E-state index in [1.54, 1.807) is 0 Å². The fourth-order valence-electron chi connectivity index (χ4n) is 2.20. The van der Waals surface area contributed by atoms with E-state index in [1.165, 1.54) is 5.57 Å². The second kappa shape index (κ2) is 5.57. The molecule has 1 aromatic carbocycles. The topological polar surface area (TPSA) is 38.9 Å². The second-order valence-electron chi connectivity index (χ2n) is 4.64. The Morgan fingerprint density at radius 2 is 2.05 bits per heavy atom. The van der Waals surface area contributed by atoms with Gasteiger partial charge >= 0.3 is 0 Å². The van der Waals surface area contributed by atoms with Crippen LogP contribution in [0, 0.1) is 6.42 Å². The van der Waals surface area contributed by atoms with Crippen molar-refractivity contribution in [2.24, 2.45) is 0 Å². The van der Waals surface area contributed by atoms with E-state index < -0.39 is 0 Å². The minimum Gasteiger partial charge on any atom is -0.334 e. The van der Waals surface area contributed by atoms with Crippen LogP contribution in [0.25, 0.3) is 17.5 Å². The predicted octanol–water partition coefficient (Wildman–Crippen LogP) is 4.55. The molecule has 3 rings (SSSR count). The van der Waals surface area contributed by atoms with Gasteiger partial charge in [0, 0.05) is 16.7 Å². The summed E-state index contributed by atoms with van der Waals surface area (Å²) in [5.74, 6) is 1.16. The summed E-state index contributed by atoms with van der Waals surface area (Å²) in [6, 6.07) is 7.46. The van der Waals surface area contributed by atoms with Crippen LogP contribution in [0.5, 0.6) is 0 Å². The highest BCUT2D eigenvalue weighted by molar-refractivity contribution is 6.30. The summed E-state index contributed by atoms with van der Waals surface area (Å²) >= 11 is 5.96. The fourth-order valence-corrected chi connectivity index (χ4v) is 2.39. The Kier molecular flexibility index (Phi) is 3.65. The van der Waals surface area contributed by atoms with Crippen molar-refractivity contribution in [3.05, 3.63) is 47.2 Å². The van der Waals surface area contributed by atoms with E-state index >= 15 is 0 Å².